The van der Waals surface area contributed by atoms with Crippen LogP contribution in [0.15, 0.2) is 93.5 Å². The molecular formula is C26H12ClF2N8Na5O16S5. The van der Waals surface area contributed by atoms with Crippen LogP contribution >= 0.6 is 11.6 Å². The number of hydrogen-bond donors (Lipinski definition) is 3. The van der Waals surface area contributed by atoms with Gasteiger partial charge in [-0.1, -0.05) is 17.4 Å². The zero-order chi connectivity index (χ0) is 43.5. The van der Waals surface area contributed by atoms with Crippen LogP contribution in [0.3, 0.4) is 0 Å². The third-order valence-electron chi connectivity index (χ3n) is 7.12. The molecule has 4 aromatic carbocycles. The van der Waals surface area contributed by atoms with Crippen LogP contribution in [-0.4, -0.2) is 74.8 Å². The third kappa shape index (κ3) is 14.8. The average Bonchev–Trinajstić information content (AvgIpc) is 3.07. The van der Waals surface area contributed by atoms with Gasteiger partial charge in [0.05, 0.1) is 31.0 Å². The number of rotatable bonds is 11. The van der Waals surface area contributed by atoms with Crippen LogP contribution < -0.4 is 164 Å². The maximum atomic E-state index is 13.9. The molecule has 0 unspecified atom stereocenters. The summed E-state index contributed by atoms with van der Waals surface area (Å²) in [5.41, 5.74) is -0.569. The van der Waals surface area contributed by atoms with Crippen LogP contribution in [0.5, 0.6) is 5.75 Å². The fourth-order valence-corrected chi connectivity index (χ4v) is 7.85. The summed E-state index contributed by atoms with van der Waals surface area (Å²) < 4.78 is 205. The van der Waals surface area contributed by atoms with Crippen molar-refractivity contribution in [1.82, 2.24) is 9.97 Å². The first-order chi connectivity index (χ1) is 26.5. The molecule has 0 aliphatic heterocycles. The van der Waals surface area contributed by atoms with Gasteiger partial charge in [-0.15, -0.1) is 20.5 Å². The number of azo groups is 2. The maximum Gasteiger partial charge on any atom is 1.00 e. The summed E-state index contributed by atoms with van der Waals surface area (Å²) in [4.78, 5) is -0.810. The Kier molecular flexibility index (Phi) is 23.0. The number of hydrogen-bond acceptors (Lipinski definition) is 23. The summed E-state index contributed by atoms with van der Waals surface area (Å²) in [5, 5.41) is 26.6. The van der Waals surface area contributed by atoms with E-state index in [1.165, 1.54) is 0 Å². The van der Waals surface area contributed by atoms with Gasteiger partial charge in [0.2, 0.25) is 5.95 Å². The molecule has 1 aromatic heterocycles. The molecule has 0 fully saturated rings. The van der Waals surface area contributed by atoms with E-state index < -0.39 is 143 Å². The van der Waals surface area contributed by atoms with Crippen LogP contribution in [-0.2, 0) is 50.6 Å². The van der Waals surface area contributed by atoms with E-state index in [0.717, 1.165) is 6.07 Å². The minimum absolute atomic E-state index is 0. The van der Waals surface area contributed by atoms with Gasteiger partial charge in [0, 0.05) is 11.1 Å². The second-order valence-electron chi connectivity index (χ2n) is 10.9. The monoisotopic (exact) mass is 1040 g/mol. The van der Waals surface area contributed by atoms with Crippen LogP contribution in [0.25, 0.3) is 10.8 Å². The molecule has 0 saturated carbocycles. The number of aromatic nitrogens is 2. The number of fused-ring (bicyclic) bond motifs is 1. The first-order valence-corrected chi connectivity index (χ1v) is 21.6. The van der Waals surface area contributed by atoms with Crippen molar-refractivity contribution in [3.8, 4) is 5.75 Å². The van der Waals surface area contributed by atoms with Gasteiger partial charge >= 0.3 is 154 Å². The van der Waals surface area contributed by atoms with Gasteiger partial charge in [-0.05, 0) is 53.9 Å². The molecule has 37 heteroatoms. The number of benzene rings is 4. The van der Waals surface area contributed by atoms with Crippen molar-refractivity contribution < 1.29 is 227 Å². The van der Waals surface area contributed by atoms with E-state index in [-0.39, 0.29) is 166 Å². The summed E-state index contributed by atoms with van der Waals surface area (Å²) >= 11 is 5.71. The zero-order valence-electron chi connectivity index (χ0n) is 32.1. The van der Waals surface area contributed by atoms with E-state index in [4.69, 9.17) is 17.3 Å². The van der Waals surface area contributed by atoms with Gasteiger partial charge in [0.25, 0.3) is 10.1 Å². The second-order valence-corrected chi connectivity index (χ2v) is 18.1. The van der Waals surface area contributed by atoms with Crippen molar-refractivity contribution in [2.24, 2.45) is 20.5 Å². The summed E-state index contributed by atoms with van der Waals surface area (Å²) in [6, 6.07) is 3.56. The molecule has 5 aromatic rings. The molecule has 0 atom stereocenters. The van der Waals surface area contributed by atoms with Crippen LogP contribution in [0.2, 0.25) is 5.02 Å². The molecule has 1 heterocycles. The number of nitrogens with one attached hydrogen (secondary N) is 1. The van der Waals surface area contributed by atoms with Crippen LogP contribution in [0, 0.1) is 12.0 Å². The van der Waals surface area contributed by atoms with E-state index >= 15 is 0 Å². The van der Waals surface area contributed by atoms with Gasteiger partial charge < -0.3 is 34.4 Å². The van der Waals surface area contributed by atoms with Crippen molar-refractivity contribution in [3.05, 3.63) is 65.6 Å². The summed E-state index contributed by atoms with van der Waals surface area (Å²) in [7, 11) is -27.9. The molecule has 24 nitrogen and oxygen atoms in total. The molecule has 5 rings (SSSR count). The van der Waals surface area contributed by atoms with Crippen LogP contribution in [0.4, 0.5) is 48.7 Å². The molecule has 0 radical (unpaired) electrons. The standard InChI is InChI=1S/C26H17ClF2N8O16S5.5Na/c27-19-24(28)32-26(29)33-25(19)31-10-1-3-14(55(42,43)44)12(7-10)34-36-21-16(57(48,49)50)5-9-6-17(58(51,52)53)22(23(38)18(9)20(21)30)37-35-13-8-11(54(39,40)41)2-4-15(13)56(45,46)47;;;;;/h1-8,38H,30H2,(H,31,32,33)(H,39,40,41)(H,42,43,44)(H,45,46,47)(H,48,49,50)(H,51,52,53);;;;;/q;5*+1/p-5. The van der Waals surface area contributed by atoms with Gasteiger partial charge in [-0.25, -0.2) is 33.7 Å². The minimum Gasteiger partial charge on any atom is -0.870 e. The first kappa shape index (κ1) is 62.5. The summed E-state index contributed by atoms with van der Waals surface area (Å²) in [5.74, 6) is -4.02. The number of nitrogens with zero attached hydrogens (tertiary/aromatic N) is 6. The summed E-state index contributed by atoms with van der Waals surface area (Å²) in [6.07, 6.45) is -1.61. The van der Waals surface area contributed by atoms with Crippen molar-refractivity contribution in [2.75, 3.05) is 11.1 Å². The van der Waals surface area contributed by atoms with E-state index in [2.05, 4.69) is 35.7 Å². The molecule has 0 bridgehead atoms. The normalized spacial score (nSPS) is 12.1. The SMILES string of the molecule is Nc1c(N=Nc2cc(Nc3nc(F)nc(F)c3Cl)ccc2S(=O)(=O)[O-])c(S(=O)(=O)[O-])cc2cc(S(=O)(=O)O)c(N=Nc3cc(S(=O)(=O)[O-])ccc3S(=O)(=O)[O-])c([O-])c12.[Na+].[Na+].[Na+].[Na+].[Na+]. The Labute approximate surface area is 469 Å². The molecule has 0 aliphatic carbocycles. The average molecular weight is 1040 g/mol. The van der Waals surface area contributed by atoms with E-state index in [1.807, 2.05) is 0 Å². The first-order valence-electron chi connectivity index (χ1n) is 14.2. The molecular weight excluding hydrogens is 1030 g/mol. The van der Waals surface area contributed by atoms with E-state index in [1.54, 1.807) is 0 Å². The van der Waals surface area contributed by atoms with Crippen molar-refractivity contribution in [1.29, 1.82) is 0 Å². The van der Waals surface area contributed by atoms with Gasteiger partial charge in [-0.3, -0.25) is 4.55 Å². The largest absolute Gasteiger partial charge is 1.00 e. The van der Waals surface area contributed by atoms with Crippen LogP contribution in [0.1, 0.15) is 0 Å². The number of halogens is 3. The Bertz CT molecular complexity index is 3270. The Morgan fingerprint density at radius 3 is 1.60 bits per heavy atom. The van der Waals surface area contributed by atoms with Crippen molar-refractivity contribution >= 4 is 113 Å². The molecule has 0 spiro atoms. The molecule has 4 N–H and O–H groups in total. The second kappa shape index (κ2) is 23.2. The fourth-order valence-electron chi connectivity index (χ4n) is 4.73. The van der Waals surface area contributed by atoms with Crippen molar-refractivity contribution in [2.45, 2.75) is 24.5 Å². The van der Waals surface area contributed by atoms with E-state index in [0.29, 0.717) is 30.3 Å². The molecule has 0 amide bonds. The number of anilines is 3. The van der Waals surface area contributed by atoms with Gasteiger partial charge in [0.15, 0.2) is 5.82 Å². The Morgan fingerprint density at radius 2 is 1.11 bits per heavy atom. The molecule has 0 aliphatic rings. The third-order valence-corrected chi connectivity index (χ3v) is 11.8. The molecule has 308 valence electrons. The maximum absolute atomic E-state index is 13.9. The predicted octanol–water partition coefficient (Wildman–Crippen LogP) is -12.3. The predicted molar refractivity (Wildman–Crippen MR) is 181 cm³/mol. The van der Waals surface area contributed by atoms with Gasteiger partial charge in [0.1, 0.15) is 67.5 Å². The number of nitrogen functional groups attached to an aromatic ring is 1. The molecule has 63 heavy (non-hydrogen) atoms. The number of nitrogens with two attached hydrogens (primary N) is 1. The summed E-state index contributed by atoms with van der Waals surface area (Å²) in [6.45, 7) is 0. The minimum atomic E-state index is -5.80. The fraction of sp³-hybridized carbons (Fsp3) is 0. The quantitative estimate of drug-likeness (QED) is 0.0276. The Morgan fingerprint density at radius 1 is 0.635 bits per heavy atom. The Hall–Kier alpha value is -0.480. The van der Waals surface area contributed by atoms with Gasteiger partial charge in [-0.2, -0.15) is 27.2 Å². The molecule has 0 saturated heterocycles. The Balaban J connectivity index is 0.00000769. The van der Waals surface area contributed by atoms with Crippen molar-refractivity contribution in [3.63, 3.8) is 0 Å². The zero-order valence-corrected chi connectivity index (χ0v) is 47.0. The smallest absolute Gasteiger partial charge is 0.870 e. The topological polar surface area (TPSA) is 420 Å². The van der Waals surface area contributed by atoms with E-state index in [9.17, 15) is 78.7 Å².